The number of pyridine rings is 1. The van der Waals surface area contributed by atoms with E-state index in [1.165, 1.54) is 24.5 Å². The Morgan fingerprint density at radius 1 is 1.14 bits per heavy atom. The first kappa shape index (κ1) is 17.2. The second-order valence-corrected chi connectivity index (χ2v) is 6.65. The number of carboxylic acid groups (broad SMARTS) is 2. The summed E-state index contributed by atoms with van der Waals surface area (Å²) in [6.07, 6.45) is 1.20. The lowest BCUT2D eigenvalue weighted by atomic mass is 10.1. The molecule has 8 nitrogen and oxygen atoms in total. The zero-order valence-corrected chi connectivity index (χ0v) is 11.8. The monoisotopic (exact) mass is 316 g/mol. The molecule has 0 saturated carbocycles. The second-order valence-electron chi connectivity index (χ2n) is 4.42. The summed E-state index contributed by atoms with van der Waals surface area (Å²) in [6, 6.07) is 2.58. The van der Waals surface area contributed by atoms with Crippen LogP contribution in [0.2, 0.25) is 0 Å². The standard InChI is InChI=1S/C12H14NO7P/c14-10(15)2-1-9(11(16)17)7-21(19,20)12(18)8-3-5-13-6-4-8/h3-6,9,19-20H,1-2,7H2,(H-,14,15,16,17)/p+1. The molecule has 4 N–H and O–H groups in total. The number of carboxylic acids is 2. The van der Waals surface area contributed by atoms with Crippen molar-refractivity contribution >= 4 is 25.2 Å². The fourth-order valence-corrected chi connectivity index (χ4v) is 3.36. The highest BCUT2D eigenvalue weighted by Crippen LogP contribution is 2.54. The number of aliphatic carboxylic acids is 2. The summed E-state index contributed by atoms with van der Waals surface area (Å²) >= 11 is 0. The summed E-state index contributed by atoms with van der Waals surface area (Å²) < 4.78 is 0. The SMILES string of the molecule is O=C(O)CCC(C[P+](O)(O)C(=O)c1ccncc1)C(=O)O. The quantitative estimate of drug-likeness (QED) is 0.511. The molecular weight excluding hydrogens is 301 g/mol. The van der Waals surface area contributed by atoms with Gasteiger partial charge in [-0.1, -0.05) is 0 Å². The molecule has 21 heavy (non-hydrogen) atoms. The van der Waals surface area contributed by atoms with Gasteiger partial charge in [-0.05, 0) is 18.6 Å². The van der Waals surface area contributed by atoms with Gasteiger partial charge in [-0.3, -0.25) is 14.6 Å². The highest BCUT2D eigenvalue weighted by Gasteiger charge is 2.48. The van der Waals surface area contributed by atoms with Crippen molar-refractivity contribution in [1.29, 1.82) is 0 Å². The van der Waals surface area contributed by atoms with Gasteiger partial charge >= 0.3 is 25.2 Å². The second kappa shape index (κ2) is 7.21. The van der Waals surface area contributed by atoms with Crippen molar-refractivity contribution in [2.45, 2.75) is 12.8 Å². The van der Waals surface area contributed by atoms with Gasteiger partial charge in [0.1, 0.15) is 6.16 Å². The summed E-state index contributed by atoms with van der Waals surface area (Å²) in [5, 5.41) is 17.5. The van der Waals surface area contributed by atoms with E-state index in [0.29, 0.717) is 0 Å². The normalized spacial score (nSPS) is 12.7. The summed E-state index contributed by atoms with van der Waals surface area (Å²) in [4.78, 5) is 57.0. The minimum Gasteiger partial charge on any atom is -0.481 e. The number of aromatic nitrogens is 1. The lowest BCUT2D eigenvalue weighted by molar-refractivity contribution is -0.142. The molecule has 0 radical (unpaired) electrons. The number of hydrogen-bond donors (Lipinski definition) is 4. The minimum absolute atomic E-state index is 0.0192. The van der Waals surface area contributed by atoms with E-state index in [2.05, 4.69) is 4.98 Å². The number of carbonyl (C=O) groups excluding carboxylic acids is 1. The Kier molecular flexibility index (Phi) is 5.90. The van der Waals surface area contributed by atoms with E-state index >= 15 is 0 Å². The molecule has 1 heterocycles. The van der Waals surface area contributed by atoms with Gasteiger partial charge in [0.15, 0.2) is 0 Å². The van der Waals surface area contributed by atoms with E-state index in [9.17, 15) is 24.2 Å². The molecule has 0 aliphatic carbocycles. The van der Waals surface area contributed by atoms with Crippen LogP contribution in [0.15, 0.2) is 24.5 Å². The highest BCUT2D eigenvalue weighted by molar-refractivity contribution is 7.81. The van der Waals surface area contributed by atoms with Crippen molar-refractivity contribution in [3.8, 4) is 0 Å². The molecule has 1 unspecified atom stereocenters. The smallest absolute Gasteiger partial charge is 0.356 e. The first-order chi connectivity index (χ1) is 9.74. The van der Waals surface area contributed by atoms with Crippen LogP contribution in [-0.2, 0) is 9.59 Å². The van der Waals surface area contributed by atoms with Gasteiger partial charge in [-0.25, -0.2) is 14.6 Å². The first-order valence-electron chi connectivity index (χ1n) is 5.97. The van der Waals surface area contributed by atoms with E-state index in [-0.39, 0.29) is 12.0 Å². The zero-order valence-electron chi connectivity index (χ0n) is 10.9. The lowest BCUT2D eigenvalue weighted by Gasteiger charge is -2.15. The molecule has 9 heteroatoms. The summed E-state index contributed by atoms with van der Waals surface area (Å²) in [5.41, 5.74) is -0.933. The van der Waals surface area contributed by atoms with Crippen LogP contribution in [0.5, 0.6) is 0 Å². The molecule has 0 saturated heterocycles. The zero-order chi connectivity index (χ0) is 16.0. The van der Waals surface area contributed by atoms with E-state index in [0.717, 1.165) is 0 Å². The van der Waals surface area contributed by atoms with E-state index in [1.54, 1.807) is 0 Å². The fourth-order valence-electron chi connectivity index (χ4n) is 1.68. The Morgan fingerprint density at radius 2 is 1.71 bits per heavy atom. The number of rotatable bonds is 8. The third kappa shape index (κ3) is 5.18. The van der Waals surface area contributed by atoms with Gasteiger partial charge in [0.05, 0.1) is 11.5 Å². The van der Waals surface area contributed by atoms with Crippen molar-refractivity contribution in [3.63, 3.8) is 0 Å². The highest BCUT2D eigenvalue weighted by atomic mass is 31.2. The van der Waals surface area contributed by atoms with Gasteiger partial charge in [0.2, 0.25) is 0 Å². The Morgan fingerprint density at radius 3 is 2.19 bits per heavy atom. The maximum absolute atomic E-state index is 12.0. The minimum atomic E-state index is -4.17. The molecule has 114 valence electrons. The van der Waals surface area contributed by atoms with Crippen molar-refractivity contribution in [1.82, 2.24) is 4.98 Å². The van der Waals surface area contributed by atoms with Gasteiger partial charge in [0, 0.05) is 18.8 Å². The maximum Gasteiger partial charge on any atom is 0.356 e. The van der Waals surface area contributed by atoms with Gasteiger partial charge in [-0.15, -0.1) is 0 Å². The van der Waals surface area contributed by atoms with Crippen molar-refractivity contribution in [2.24, 2.45) is 5.92 Å². The molecule has 0 aromatic carbocycles. The number of hydrogen-bond acceptors (Lipinski definition) is 6. The van der Waals surface area contributed by atoms with Crippen LogP contribution in [0, 0.1) is 5.92 Å². The van der Waals surface area contributed by atoms with Gasteiger partial charge in [0.25, 0.3) is 0 Å². The average molecular weight is 316 g/mol. The van der Waals surface area contributed by atoms with E-state index < -0.39 is 43.7 Å². The third-order valence-corrected chi connectivity index (χ3v) is 4.64. The van der Waals surface area contributed by atoms with Crippen LogP contribution in [0.3, 0.4) is 0 Å². The van der Waals surface area contributed by atoms with Crippen LogP contribution < -0.4 is 0 Å². The lowest BCUT2D eigenvalue weighted by Crippen LogP contribution is -2.24. The molecule has 0 bridgehead atoms. The molecule has 0 aliphatic heterocycles. The largest absolute Gasteiger partial charge is 0.481 e. The molecular formula is C12H15NO7P+. The number of nitrogens with zero attached hydrogens (tertiary/aromatic N) is 1. The Bertz CT molecular complexity index is 532. The molecule has 0 fully saturated rings. The third-order valence-electron chi connectivity index (χ3n) is 2.78. The van der Waals surface area contributed by atoms with E-state index in [4.69, 9.17) is 10.2 Å². The summed E-state index contributed by atoms with van der Waals surface area (Å²) in [6.45, 7) is 0. The van der Waals surface area contributed by atoms with Crippen LogP contribution in [0.4, 0.5) is 0 Å². The Balaban J connectivity index is 2.83. The van der Waals surface area contributed by atoms with E-state index in [1.807, 2.05) is 0 Å². The summed E-state index contributed by atoms with van der Waals surface area (Å²) in [5.74, 6) is -3.87. The first-order valence-corrected chi connectivity index (χ1v) is 7.85. The molecule has 1 aromatic heterocycles. The average Bonchev–Trinajstić information content (AvgIpc) is 2.43. The van der Waals surface area contributed by atoms with Crippen LogP contribution in [0.25, 0.3) is 0 Å². The van der Waals surface area contributed by atoms with Crippen molar-refractivity contribution < 1.29 is 34.4 Å². The van der Waals surface area contributed by atoms with Crippen LogP contribution in [-0.4, -0.2) is 48.6 Å². The molecule has 1 rings (SSSR count). The predicted octanol–water partition coefficient (Wildman–Crippen LogP) is 0.620. The van der Waals surface area contributed by atoms with Crippen LogP contribution >= 0.6 is 7.72 Å². The maximum atomic E-state index is 12.0. The van der Waals surface area contributed by atoms with Gasteiger partial charge < -0.3 is 10.2 Å². The van der Waals surface area contributed by atoms with Gasteiger partial charge in [-0.2, -0.15) is 0 Å². The summed E-state index contributed by atoms with van der Waals surface area (Å²) in [7, 11) is -4.17. The fraction of sp³-hybridized carbons (Fsp3) is 0.333. The molecule has 0 spiro atoms. The van der Waals surface area contributed by atoms with Crippen molar-refractivity contribution in [3.05, 3.63) is 30.1 Å². The molecule has 0 aliphatic rings. The topological polar surface area (TPSA) is 145 Å². The van der Waals surface area contributed by atoms with Crippen LogP contribution in [0.1, 0.15) is 23.2 Å². The number of carbonyl (C=O) groups is 3. The van der Waals surface area contributed by atoms with Crippen molar-refractivity contribution in [2.75, 3.05) is 6.16 Å². The Hall–Kier alpha value is -1.89. The predicted molar refractivity (Wildman–Crippen MR) is 72.8 cm³/mol. The molecule has 1 aromatic rings. The molecule has 1 atom stereocenters. The Labute approximate surface area is 120 Å². The molecule has 0 amide bonds.